The lowest BCUT2D eigenvalue weighted by Crippen LogP contribution is -2.20. The van der Waals surface area contributed by atoms with Crippen molar-refractivity contribution >= 4 is 34.8 Å². The Morgan fingerprint density at radius 2 is 1.80 bits per heavy atom. The summed E-state index contributed by atoms with van der Waals surface area (Å²) < 4.78 is 47.1. The fraction of sp³-hybridized carbons (Fsp3) is 0.211. The average Bonchev–Trinajstić information content (AvgIpc) is 3.15. The first-order valence-electron chi connectivity index (χ1n) is 8.57. The average molecular weight is 460 g/mol. The van der Waals surface area contributed by atoms with Gasteiger partial charge in [-0.3, -0.25) is 4.79 Å². The van der Waals surface area contributed by atoms with E-state index in [0.29, 0.717) is 16.4 Å². The smallest absolute Gasteiger partial charge is 0.422 e. The number of hydrogen-bond donors (Lipinski definition) is 1. The number of halogens is 5. The summed E-state index contributed by atoms with van der Waals surface area (Å²) in [6.45, 7) is -1.49. The highest BCUT2D eigenvalue weighted by atomic mass is 35.5. The van der Waals surface area contributed by atoms with Gasteiger partial charge in [-0.2, -0.15) is 18.2 Å². The van der Waals surface area contributed by atoms with Crippen molar-refractivity contribution in [1.29, 1.82) is 0 Å². The van der Waals surface area contributed by atoms with Gasteiger partial charge >= 0.3 is 6.18 Å². The molecule has 0 aliphatic carbocycles. The molecular formula is C19H14Cl2F3N3O3. The Labute approximate surface area is 178 Å². The van der Waals surface area contributed by atoms with Crippen LogP contribution in [-0.2, 0) is 11.2 Å². The number of anilines is 1. The highest BCUT2D eigenvalue weighted by molar-refractivity contribution is 6.31. The Bertz CT molecular complexity index is 1020. The maximum absolute atomic E-state index is 12.4. The first-order valence-corrected chi connectivity index (χ1v) is 9.33. The van der Waals surface area contributed by atoms with Gasteiger partial charge in [-0.15, -0.1) is 0 Å². The van der Waals surface area contributed by atoms with Crippen molar-refractivity contribution in [3.63, 3.8) is 0 Å². The standard InChI is InChI=1S/C19H14Cl2F3N3O3/c20-12-3-1-11(2-4-12)18-26-17(30-27-18)8-7-16(28)25-14-9-13(21)5-6-15(14)29-10-19(22,23)24/h1-6,9H,7-8,10H2,(H,25,28). The lowest BCUT2D eigenvalue weighted by atomic mass is 10.2. The largest absolute Gasteiger partial charge is 0.482 e. The van der Waals surface area contributed by atoms with Crippen LogP contribution in [0.4, 0.5) is 18.9 Å². The van der Waals surface area contributed by atoms with Gasteiger partial charge in [0.05, 0.1) is 5.69 Å². The van der Waals surface area contributed by atoms with E-state index in [1.165, 1.54) is 18.2 Å². The minimum absolute atomic E-state index is 0.0316. The predicted molar refractivity (Wildman–Crippen MR) is 105 cm³/mol. The molecule has 0 aliphatic heterocycles. The van der Waals surface area contributed by atoms with E-state index in [9.17, 15) is 18.0 Å². The van der Waals surface area contributed by atoms with E-state index < -0.39 is 18.7 Å². The van der Waals surface area contributed by atoms with Crippen LogP contribution in [0.3, 0.4) is 0 Å². The zero-order chi connectivity index (χ0) is 21.7. The minimum Gasteiger partial charge on any atom is -0.482 e. The molecule has 3 aromatic rings. The van der Waals surface area contributed by atoms with Gasteiger partial charge in [0, 0.05) is 28.5 Å². The van der Waals surface area contributed by atoms with Crippen LogP contribution in [0.15, 0.2) is 47.0 Å². The molecule has 0 aliphatic rings. The van der Waals surface area contributed by atoms with E-state index in [1.807, 2.05) is 0 Å². The van der Waals surface area contributed by atoms with Crippen molar-refractivity contribution in [2.45, 2.75) is 19.0 Å². The van der Waals surface area contributed by atoms with Crippen LogP contribution >= 0.6 is 23.2 Å². The summed E-state index contributed by atoms with van der Waals surface area (Å²) >= 11 is 11.7. The molecule has 1 aromatic heterocycles. The summed E-state index contributed by atoms with van der Waals surface area (Å²) in [6.07, 6.45) is -4.43. The molecule has 0 saturated heterocycles. The Morgan fingerprint density at radius 3 is 2.50 bits per heavy atom. The van der Waals surface area contributed by atoms with E-state index in [1.54, 1.807) is 24.3 Å². The molecule has 0 bridgehead atoms. The number of carbonyl (C=O) groups is 1. The summed E-state index contributed by atoms with van der Waals surface area (Å²) in [4.78, 5) is 16.4. The van der Waals surface area contributed by atoms with E-state index in [4.69, 9.17) is 32.5 Å². The lowest BCUT2D eigenvalue weighted by molar-refractivity contribution is -0.153. The number of carbonyl (C=O) groups excluding carboxylic acids is 1. The van der Waals surface area contributed by atoms with E-state index in [-0.39, 0.29) is 35.2 Å². The first kappa shape index (κ1) is 21.9. The predicted octanol–water partition coefficient (Wildman–Crippen LogP) is 5.56. The van der Waals surface area contributed by atoms with Crippen molar-refractivity contribution in [1.82, 2.24) is 10.1 Å². The van der Waals surface area contributed by atoms with Crippen LogP contribution in [-0.4, -0.2) is 28.8 Å². The highest BCUT2D eigenvalue weighted by Gasteiger charge is 2.29. The molecule has 1 N–H and O–H groups in total. The second-order valence-electron chi connectivity index (χ2n) is 6.11. The second kappa shape index (κ2) is 9.36. The molecule has 0 atom stereocenters. The number of hydrogen-bond acceptors (Lipinski definition) is 5. The molecule has 0 radical (unpaired) electrons. The summed E-state index contributed by atoms with van der Waals surface area (Å²) in [7, 11) is 0. The third-order valence-electron chi connectivity index (χ3n) is 3.74. The molecule has 11 heteroatoms. The second-order valence-corrected chi connectivity index (χ2v) is 6.98. The molecule has 0 spiro atoms. The van der Waals surface area contributed by atoms with Crippen LogP contribution in [0.2, 0.25) is 10.0 Å². The third-order valence-corrected chi connectivity index (χ3v) is 4.23. The zero-order valence-electron chi connectivity index (χ0n) is 15.2. The van der Waals surface area contributed by atoms with Gasteiger partial charge in [-0.1, -0.05) is 28.4 Å². The van der Waals surface area contributed by atoms with Crippen molar-refractivity contribution in [3.05, 3.63) is 58.4 Å². The third kappa shape index (κ3) is 6.36. The molecule has 2 aromatic carbocycles. The maximum Gasteiger partial charge on any atom is 0.422 e. The molecule has 158 valence electrons. The van der Waals surface area contributed by atoms with Gasteiger partial charge in [-0.05, 0) is 42.5 Å². The molecule has 6 nitrogen and oxygen atoms in total. The number of aromatic nitrogens is 2. The number of nitrogens with one attached hydrogen (secondary N) is 1. The first-order chi connectivity index (χ1) is 14.2. The maximum atomic E-state index is 12.4. The number of nitrogens with zero attached hydrogens (tertiary/aromatic N) is 2. The molecule has 1 heterocycles. The van der Waals surface area contributed by atoms with Gasteiger partial charge in [0.1, 0.15) is 5.75 Å². The lowest BCUT2D eigenvalue weighted by Gasteiger charge is -2.14. The molecule has 30 heavy (non-hydrogen) atoms. The SMILES string of the molecule is O=C(CCc1nc(-c2ccc(Cl)cc2)no1)Nc1cc(Cl)ccc1OCC(F)(F)F. The number of aryl methyl sites for hydroxylation is 1. The molecule has 0 fully saturated rings. The van der Waals surface area contributed by atoms with Crippen LogP contribution in [0, 0.1) is 0 Å². The van der Waals surface area contributed by atoms with Crippen LogP contribution in [0.5, 0.6) is 5.75 Å². The van der Waals surface area contributed by atoms with Crippen molar-refractivity contribution in [2.75, 3.05) is 11.9 Å². The molecule has 0 saturated carbocycles. The highest BCUT2D eigenvalue weighted by Crippen LogP contribution is 2.30. The number of rotatable bonds is 7. The molecular weight excluding hydrogens is 446 g/mol. The van der Waals surface area contributed by atoms with Crippen molar-refractivity contribution < 1.29 is 27.2 Å². The molecule has 0 unspecified atom stereocenters. The quantitative estimate of drug-likeness (QED) is 0.500. The summed E-state index contributed by atoms with van der Waals surface area (Å²) in [5.41, 5.74) is 0.730. The zero-order valence-corrected chi connectivity index (χ0v) is 16.7. The van der Waals surface area contributed by atoms with Gasteiger partial charge in [0.25, 0.3) is 0 Å². The van der Waals surface area contributed by atoms with Gasteiger partial charge < -0.3 is 14.6 Å². The Morgan fingerprint density at radius 1 is 1.10 bits per heavy atom. The monoisotopic (exact) mass is 459 g/mol. The summed E-state index contributed by atoms with van der Waals surface area (Å²) in [6, 6.07) is 10.7. The molecule has 3 rings (SSSR count). The van der Waals surface area contributed by atoms with Gasteiger partial charge in [0.2, 0.25) is 17.6 Å². The normalized spacial score (nSPS) is 11.4. The van der Waals surface area contributed by atoms with Crippen LogP contribution in [0.1, 0.15) is 12.3 Å². The topological polar surface area (TPSA) is 77.2 Å². The number of ether oxygens (including phenoxy) is 1. The molecule has 1 amide bonds. The van der Waals surface area contributed by atoms with E-state index >= 15 is 0 Å². The number of amides is 1. The number of benzene rings is 2. The minimum atomic E-state index is -4.51. The van der Waals surface area contributed by atoms with E-state index in [0.717, 1.165) is 0 Å². The van der Waals surface area contributed by atoms with Crippen molar-refractivity contribution in [2.24, 2.45) is 0 Å². The summed E-state index contributed by atoms with van der Waals surface area (Å²) in [5.74, 6) is -0.0530. The number of alkyl halides is 3. The Hall–Kier alpha value is -2.78. The van der Waals surface area contributed by atoms with E-state index in [2.05, 4.69) is 15.5 Å². The summed E-state index contributed by atoms with van der Waals surface area (Å²) in [5, 5.41) is 7.13. The van der Waals surface area contributed by atoms with Gasteiger partial charge in [0.15, 0.2) is 6.61 Å². The fourth-order valence-electron chi connectivity index (χ4n) is 2.39. The van der Waals surface area contributed by atoms with Crippen LogP contribution in [0.25, 0.3) is 11.4 Å². The van der Waals surface area contributed by atoms with Crippen molar-refractivity contribution in [3.8, 4) is 17.1 Å². The Balaban J connectivity index is 1.60. The fourth-order valence-corrected chi connectivity index (χ4v) is 2.69. The van der Waals surface area contributed by atoms with Gasteiger partial charge in [-0.25, -0.2) is 0 Å². The Kier molecular flexibility index (Phi) is 6.84. The van der Waals surface area contributed by atoms with Crippen LogP contribution < -0.4 is 10.1 Å².